The second-order valence-electron chi connectivity index (χ2n) is 6.96. The number of benzene rings is 1. The van der Waals surface area contributed by atoms with Gasteiger partial charge in [0.25, 0.3) is 0 Å². The van der Waals surface area contributed by atoms with Crippen molar-refractivity contribution < 1.29 is 0 Å². The van der Waals surface area contributed by atoms with Crippen molar-refractivity contribution in [1.29, 1.82) is 5.26 Å². The molecular weight excluding hydrogens is 244 g/mol. The van der Waals surface area contributed by atoms with Crippen LogP contribution < -0.4 is 5.32 Å². The van der Waals surface area contributed by atoms with Crippen LogP contribution in [0.3, 0.4) is 0 Å². The highest BCUT2D eigenvalue weighted by atomic mass is 14.9. The Labute approximate surface area is 123 Å². The Morgan fingerprint density at radius 1 is 1.15 bits per heavy atom. The molecular formula is C18H26N2. The molecule has 0 heterocycles. The van der Waals surface area contributed by atoms with Crippen molar-refractivity contribution in [3.8, 4) is 6.07 Å². The van der Waals surface area contributed by atoms with Gasteiger partial charge in [-0.2, -0.15) is 5.26 Å². The van der Waals surface area contributed by atoms with E-state index >= 15 is 0 Å². The molecule has 0 aromatic heterocycles. The van der Waals surface area contributed by atoms with Crippen LogP contribution in [0.1, 0.15) is 52.5 Å². The average Bonchev–Trinajstić information content (AvgIpc) is 2.42. The van der Waals surface area contributed by atoms with Gasteiger partial charge in [0.2, 0.25) is 0 Å². The SMILES string of the molecule is CC1CCC(Nc2ccc(C(C)(C)C#N)cc2)C(C)C1. The van der Waals surface area contributed by atoms with Gasteiger partial charge in [0, 0.05) is 11.7 Å². The monoisotopic (exact) mass is 270 g/mol. The van der Waals surface area contributed by atoms with E-state index in [1.165, 1.54) is 24.9 Å². The predicted molar refractivity (Wildman–Crippen MR) is 84.7 cm³/mol. The Balaban J connectivity index is 2.03. The topological polar surface area (TPSA) is 35.8 Å². The lowest BCUT2D eigenvalue weighted by atomic mass is 9.79. The lowest BCUT2D eigenvalue weighted by Crippen LogP contribution is -2.33. The first kappa shape index (κ1) is 14.9. The molecule has 1 aromatic rings. The summed E-state index contributed by atoms with van der Waals surface area (Å²) in [6.45, 7) is 8.62. The number of hydrogen-bond acceptors (Lipinski definition) is 2. The largest absolute Gasteiger partial charge is 0.382 e. The fourth-order valence-electron chi connectivity index (χ4n) is 3.14. The zero-order chi connectivity index (χ0) is 14.8. The number of hydrogen-bond donors (Lipinski definition) is 1. The van der Waals surface area contributed by atoms with E-state index in [4.69, 9.17) is 0 Å². The van der Waals surface area contributed by atoms with Gasteiger partial charge in [-0.1, -0.05) is 26.0 Å². The normalized spacial score (nSPS) is 26.9. The summed E-state index contributed by atoms with van der Waals surface area (Å²) < 4.78 is 0. The quantitative estimate of drug-likeness (QED) is 0.862. The first-order valence-corrected chi connectivity index (χ1v) is 7.70. The van der Waals surface area contributed by atoms with Crippen LogP contribution in [-0.4, -0.2) is 6.04 Å². The average molecular weight is 270 g/mol. The van der Waals surface area contributed by atoms with Crippen molar-refractivity contribution in [2.45, 2.75) is 58.4 Å². The maximum absolute atomic E-state index is 9.17. The molecule has 20 heavy (non-hydrogen) atoms. The molecule has 1 N–H and O–H groups in total. The zero-order valence-electron chi connectivity index (χ0n) is 13.1. The Morgan fingerprint density at radius 2 is 1.80 bits per heavy atom. The zero-order valence-corrected chi connectivity index (χ0v) is 13.1. The Hall–Kier alpha value is -1.49. The second kappa shape index (κ2) is 5.87. The van der Waals surface area contributed by atoms with Gasteiger partial charge in [-0.25, -0.2) is 0 Å². The van der Waals surface area contributed by atoms with Crippen molar-refractivity contribution in [3.63, 3.8) is 0 Å². The van der Waals surface area contributed by atoms with Gasteiger partial charge >= 0.3 is 0 Å². The van der Waals surface area contributed by atoms with Gasteiger partial charge in [-0.05, 0) is 62.6 Å². The molecule has 3 unspecified atom stereocenters. The molecule has 2 heteroatoms. The molecule has 0 spiro atoms. The van der Waals surface area contributed by atoms with Crippen molar-refractivity contribution in [2.75, 3.05) is 5.32 Å². The first-order valence-electron chi connectivity index (χ1n) is 7.70. The molecule has 1 aromatic carbocycles. The summed E-state index contributed by atoms with van der Waals surface area (Å²) in [7, 11) is 0. The minimum atomic E-state index is -0.411. The first-order chi connectivity index (χ1) is 9.42. The Kier molecular flexibility index (Phi) is 4.38. The highest BCUT2D eigenvalue weighted by Crippen LogP contribution is 2.31. The lowest BCUT2D eigenvalue weighted by Gasteiger charge is -2.34. The van der Waals surface area contributed by atoms with Gasteiger partial charge in [0.1, 0.15) is 0 Å². The molecule has 0 bridgehead atoms. The van der Waals surface area contributed by atoms with Gasteiger partial charge in [-0.3, -0.25) is 0 Å². The van der Waals surface area contributed by atoms with Crippen LogP contribution in [0.2, 0.25) is 0 Å². The van der Waals surface area contributed by atoms with E-state index < -0.39 is 5.41 Å². The molecule has 0 saturated heterocycles. The fourth-order valence-corrected chi connectivity index (χ4v) is 3.14. The minimum absolute atomic E-state index is 0.411. The van der Waals surface area contributed by atoms with Crippen LogP contribution in [-0.2, 0) is 5.41 Å². The van der Waals surface area contributed by atoms with Crippen LogP contribution in [0.25, 0.3) is 0 Å². The van der Waals surface area contributed by atoms with E-state index in [9.17, 15) is 5.26 Å². The molecule has 1 saturated carbocycles. The van der Waals surface area contributed by atoms with Crippen molar-refractivity contribution in [3.05, 3.63) is 29.8 Å². The van der Waals surface area contributed by atoms with E-state index in [1.54, 1.807) is 0 Å². The summed E-state index contributed by atoms with van der Waals surface area (Å²) in [5, 5.41) is 12.8. The maximum Gasteiger partial charge on any atom is 0.0766 e. The molecule has 1 aliphatic rings. The third-order valence-electron chi connectivity index (χ3n) is 4.67. The summed E-state index contributed by atoms with van der Waals surface area (Å²) in [6, 6.07) is 11.3. The number of nitriles is 1. The molecule has 1 fully saturated rings. The predicted octanol–water partition coefficient (Wildman–Crippen LogP) is 4.72. The van der Waals surface area contributed by atoms with Crippen LogP contribution in [0.5, 0.6) is 0 Å². The van der Waals surface area contributed by atoms with Crippen LogP contribution in [0.4, 0.5) is 5.69 Å². The standard InChI is InChI=1S/C18H26N2/c1-13-5-10-17(14(2)11-13)20-16-8-6-15(7-9-16)18(3,4)12-19/h6-9,13-14,17,20H,5,10-11H2,1-4H3. The highest BCUT2D eigenvalue weighted by Gasteiger charge is 2.25. The number of nitrogens with one attached hydrogen (secondary N) is 1. The van der Waals surface area contributed by atoms with Gasteiger partial charge in [0.05, 0.1) is 11.5 Å². The summed E-state index contributed by atoms with van der Waals surface area (Å²) in [5.74, 6) is 1.59. The number of anilines is 1. The molecule has 3 atom stereocenters. The molecule has 0 radical (unpaired) electrons. The lowest BCUT2D eigenvalue weighted by molar-refractivity contribution is 0.276. The number of rotatable bonds is 3. The number of nitrogens with zero attached hydrogens (tertiary/aromatic N) is 1. The molecule has 0 amide bonds. The van der Waals surface area contributed by atoms with Crippen LogP contribution in [0.15, 0.2) is 24.3 Å². The van der Waals surface area contributed by atoms with Gasteiger partial charge in [-0.15, -0.1) is 0 Å². The smallest absolute Gasteiger partial charge is 0.0766 e. The molecule has 2 rings (SSSR count). The van der Waals surface area contributed by atoms with Gasteiger partial charge in [0.15, 0.2) is 0 Å². The van der Waals surface area contributed by atoms with E-state index in [2.05, 4.69) is 49.5 Å². The highest BCUT2D eigenvalue weighted by molar-refractivity contribution is 5.47. The summed E-state index contributed by atoms with van der Waals surface area (Å²) in [6.07, 6.45) is 3.90. The van der Waals surface area contributed by atoms with Crippen LogP contribution >= 0.6 is 0 Å². The fraction of sp³-hybridized carbons (Fsp3) is 0.611. The van der Waals surface area contributed by atoms with E-state index in [0.29, 0.717) is 6.04 Å². The maximum atomic E-state index is 9.17. The third-order valence-corrected chi connectivity index (χ3v) is 4.67. The minimum Gasteiger partial charge on any atom is -0.382 e. The van der Waals surface area contributed by atoms with Gasteiger partial charge < -0.3 is 5.32 Å². The van der Waals surface area contributed by atoms with Crippen LogP contribution in [0, 0.1) is 23.2 Å². The third kappa shape index (κ3) is 3.33. The molecule has 2 nitrogen and oxygen atoms in total. The Bertz CT molecular complexity index is 481. The summed E-state index contributed by atoms with van der Waals surface area (Å²) in [5.41, 5.74) is 1.84. The van der Waals surface area contributed by atoms with E-state index in [-0.39, 0.29) is 0 Å². The molecule has 108 valence electrons. The van der Waals surface area contributed by atoms with Crippen molar-refractivity contribution in [2.24, 2.45) is 11.8 Å². The second-order valence-corrected chi connectivity index (χ2v) is 6.96. The summed E-state index contributed by atoms with van der Waals surface area (Å²) >= 11 is 0. The molecule has 1 aliphatic carbocycles. The molecule has 0 aliphatic heterocycles. The van der Waals surface area contributed by atoms with E-state index in [1.807, 2.05) is 13.8 Å². The van der Waals surface area contributed by atoms with E-state index in [0.717, 1.165) is 17.4 Å². The van der Waals surface area contributed by atoms with Crippen molar-refractivity contribution in [1.82, 2.24) is 0 Å². The summed E-state index contributed by atoms with van der Waals surface area (Å²) in [4.78, 5) is 0. The Morgan fingerprint density at radius 3 is 2.35 bits per heavy atom. The van der Waals surface area contributed by atoms with Crippen molar-refractivity contribution >= 4 is 5.69 Å².